The van der Waals surface area contributed by atoms with Gasteiger partial charge in [0.1, 0.15) is 5.54 Å². The first-order valence-electron chi connectivity index (χ1n) is 9.25. The molecular weight excluding hydrogens is 394 g/mol. The molecule has 156 valence electrons. The molecule has 1 unspecified atom stereocenters. The molecule has 1 amide bonds. The van der Waals surface area contributed by atoms with Crippen molar-refractivity contribution in [3.8, 4) is 0 Å². The fourth-order valence-electron chi connectivity index (χ4n) is 3.72. The third kappa shape index (κ3) is 3.61. The maximum atomic E-state index is 13.6. The number of amides is 1. The van der Waals surface area contributed by atoms with Crippen molar-refractivity contribution in [2.24, 2.45) is 10.7 Å². The number of aliphatic imine (C=N–C) groups is 1. The molecule has 1 aliphatic heterocycles. The summed E-state index contributed by atoms with van der Waals surface area (Å²) in [5.74, 6) is -3.69. The Morgan fingerprint density at radius 3 is 2.34 bits per heavy atom. The number of hydrogen-bond acceptors (Lipinski definition) is 5. The van der Waals surface area contributed by atoms with E-state index >= 15 is 0 Å². The SMILES string of the molecule is Cc1sc([C@@]2(C)N=C(N)N(C)C(=O)C2c2ccc(C(C)(F)F)cc2)cc1N(C)C. The third-order valence-electron chi connectivity index (χ3n) is 5.45. The molecule has 2 heterocycles. The molecule has 0 saturated heterocycles. The number of thiophene rings is 1. The molecule has 3 rings (SSSR count). The van der Waals surface area contributed by atoms with Gasteiger partial charge in [0.25, 0.3) is 5.92 Å². The second-order valence-corrected chi connectivity index (χ2v) is 9.16. The number of aryl methyl sites for hydroxylation is 1. The Morgan fingerprint density at radius 2 is 1.86 bits per heavy atom. The topological polar surface area (TPSA) is 61.9 Å². The second-order valence-electron chi connectivity index (χ2n) is 7.90. The molecule has 0 aliphatic carbocycles. The quantitative estimate of drug-likeness (QED) is 0.813. The van der Waals surface area contributed by atoms with Gasteiger partial charge in [-0.1, -0.05) is 24.3 Å². The van der Waals surface area contributed by atoms with Crippen molar-refractivity contribution in [1.82, 2.24) is 4.90 Å². The van der Waals surface area contributed by atoms with E-state index in [-0.39, 0.29) is 17.4 Å². The molecule has 2 N–H and O–H groups in total. The average molecular weight is 421 g/mol. The van der Waals surface area contributed by atoms with Crippen LogP contribution in [0.1, 0.15) is 40.6 Å². The molecule has 29 heavy (non-hydrogen) atoms. The molecule has 0 radical (unpaired) electrons. The summed E-state index contributed by atoms with van der Waals surface area (Å²) in [7, 11) is 5.49. The molecule has 0 fully saturated rings. The van der Waals surface area contributed by atoms with Crippen LogP contribution in [0.3, 0.4) is 0 Å². The van der Waals surface area contributed by atoms with Crippen LogP contribution in [0, 0.1) is 6.92 Å². The molecular formula is C21H26F2N4OS. The first-order valence-corrected chi connectivity index (χ1v) is 10.1. The number of benzene rings is 1. The lowest BCUT2D eigenvalue weighted by atomic mass is 9.77. The molecule has 2 aromatic rings. The van der Waals surface area contributed by atoms with Crippen LogP contribution in [-0.4, -0.2) is 37.9 Å². The van der Waals surface area contributed by atoms with Crippen LogP contribution >= 0.6 is 11.3 Å². The Balaban J connectivity index is 2.17. The van der Waals surface area contributed by atoms with Gasteiger partial charge in [0.15, 0.2) is 5.96 Å². The first-order chi connectivity index (χ1) is 13.4. The van der Waals surface area contributed by atoms with Gasteiger partial charge in [0.2, 0.25) is 5.91 Å². The zero-order valence-electron chi connectivity index (χ0n) is 17.5. The summed E-state index contributed by atoms with van der Waals surface area (Å²) in [6, 6.07) is 7.94. The van der Waals surface area contributed by atoms with Gasteiger partial charge < -0.3 is 10.6 Å². The van der Waals surface area contributed by atoms with Gasteiger partial charge in [-0.25, -0.2) is 13.8 Å². The fourth-order valence-corrected chi connectivity index (χ4v) is 4.94. The van der Waals surface area contributed by atoms with Crippen molar-refractivity contribution < 1.29 is 13.6 Å². The number of anilines is 1. The van der Waals surface area contributed by atoms with E-state index in [1.54, 1.807) is 30.5 Å². The van der Waals surface area contributed by atoms with Crippen molar-refractivity contribution in [2.75, 3.05) is 26.0 Å². The van der Waals surface area contributed by atoms with Crippen molar-refractivity contribution in [1.29, 1.82) is 0 Å². The van der Waals surface area contributed by atoms with E-state index < -0.39 is 17.4 Å². The fraction of sp³-hybridized carbons (Fsp3) is 0.429. The highest BCUT2D eigenvalue weighted by molar-refractivity contribution is 7.12. The van der Waals surface area contributed by atoms with Gasteiger partial charge >= 0.3 is 0 Å². The van der Waals surface area contributed by atoms with Crippen molar-refractivity contribution in [3.05, 3.63) is 51.2 Å². The molecule has 8 heteroatoms. The molecule has 2 atom stereocenters. The standard InChI is InChI=1S/C21H26F2N4OS/c1-12-15(26(4)5)11-16(29-12)20(2)17(18(28)27(6)19(24)25-20)13-7-9-14(10-8-13)21(3,22)23/h7-11,17H,1-6H3,(H2,24,25)/t17?,20-/m1/s1. The van der Waals surface area contributed by atoms with Crippen LogP contribution in [0.5, 0.6) is 0 Å². The Hall–Kier alpha value is -2.48. The van der Waals surface area contributed by atoms with Crippen LogP contribution in [-0.2, 0) is 16.3 Å². The smallest absolute Gasteiger partial charge is 0.270 e. The number of nitrogens with two attached hydrogens (primary N) is 1. The Labute approximate surface area is 173 Å². The summed E-state index contributed by atoms with van der Waals surface area (Å²) in [5, 5.41) is 0. The van der Waals surface area contributed by atoms with Gasteiger partial charge in [-0.05, 0) is 25.5 Å². The summed E-state index contributed by atoms with van der Waals surface area (Å²) >= 11 is 1.56. The Bertz CT molecular complexity index is 962. The van der Waals surface area contributed by atoms with Gasteiger partial charge in [-0.2, -0.15) is 0 Å². The monoisotopic (exact) mass is 420 g/mol. The largest absolute Gasteiger partial charge is 0.377 e. The maximum Gasteiger partial charge on any atom is 0.270 e. The molecule has 1 aromatic heterocycles. The molecule has 0 saturated carbocycles. The number of alkyl halides is 2. The van der Waals surface area contributed by atoms with E-state index in [1.165, 1.54) is 17.0 Å². The van der Waals surface area contributed by atoms with Crippen molar-refractivity contribution in [3.63, 3.8) is 0 Å². The van der Waals surface area contributed by atoms with Gasteiger partial charge in [0, 0.05) is 43.4 Å². The number of hydrogen-bond donors (Lipinski definition) is 1. The van der Waals surface area contributed by atoms with Gasteiger partial charge in [-0.15, -0.1) is 11.3 Å². The summed E-state index contributed by atoms with van der Waals surface area (Å²) < 4.78 is 27.3. The van der Waals surface area contributed by atoms with Crippen LogP contribution in [0.25, 0.3) is 0 Å². The van der Waals surface area contributed by atoms with E-state index in [9.17, 15) is 13.6 Å². The lowest BCUT2D eigenvalue weighted by Gasteiger charge is -2.40. The summed E-state index contributed by atoms with van der Waals surface area (Å²) in [6.45, 7) is 4.75. The number of halogens is 2. The van der Waals surface area contributed by atoms with E-state index in [1.807, 2.05) is 38.9 Å². The van der Waals surface area contributed by atoms with Gasteiger partial charge in [-0.3, -0.25) is 9.69 Å². The number of carbonyl (C=O) groups is 1. The number of nitrogens with zero attached hydrogens (tertiary/aromatic N) is 3. The van der Waals surface area contributed by atoms with E-state index in [0.717, 1.165) is 22.4 Å². The minimum atomic E-state index is -2.94. The summed E-state index contributed by atoms with van der Waals surface area (Å²) in [6.07, 6.45) is 0. The van der Waals surface area contributed by atoms with Crippen LogP contribution in [0.2, 0.25) is 0 Å². The summed E-state index contributed by atoms with van der Waals surface area (Å²) in [4.78, 5) is 23.3. The highest BCUT2D eigenvalue weighted by atomic mass is 32.1. The zero-order chi connectivity index (χ0) is 21.7. The van der Waals surface area contributed by atoms with E-state index in [2.05, 4.69) is 0 Å². The predicted octanol–water partition coefficient (Wildman–Crippen LogP) is 4.02. The van der Waals surface area contributed by atoms with Crippen molar-refractivity contribution in [2.45, 2.75) is 38.2 Å². The first kappa shape index (κ1) is 21.2. The third-order valence-corrected chi connectivity index (χ3v) is 6.72. The average Bonchev–Trinajstić information content (AvgIpc) is 3.02. The van der Waals surface area contributed by atoms with Crippen LogP contribution < -0.4 is 10.6 Å². The predicted molar refractivity (Wildman–Crippen MR) is 114 cm³/mol. The number of guanidine groups is 1. The minimum absolute atomic E-state index is 0.0931. The number of carbonyl (C=O) groups excluding carboxylic acids is 1. The Morgan fingerprint density at radius 1 is 1.28 bits per heavy atom. The molecule has 5 nitrogen and oxygen atoms in total. The Kier molecular flexibility index (Phi) is 5.19. The second kappa shape index (κ2) is 7.09. The molecule has 0 bridgehead atoms. The number of rotatable bonds is 4. The normalized spacial score (nSPS) is 22.6. The van der Waals surface area contributed by atoms with Crippen LogP contribution in [0.15, 0.2) is 35.3 Å². The van der Waals surface area contributed by atoms with Crippen LogP contribution in [0.4, 0.5) is 14.5 Å². The highest BCUT2D eigenvalue weighted by Gasteiger charge is 2.48. The summed E-state index contributed by atoms with van der Waals surface area (Å²) in [5.41, 5.74) is 6.71. The number of likely N-dealkylation sites (N-methyl/N-ethyl adjacent to an activating group) is 1. The zero-order valence-corrected chi connectivity index (χ0v) is 18.3. The highest BCUT2D eigenvalue weighted by Crippen LogP contribution is 2.48. The minimum Gasteiger partial charge on any atom is -0.377 e. The van der Waals surface area contributed by atoms with E-state index in [4.69, 9.17) is 10.7 Å². The van der Waals surface area contributed by atoms with Gasteiger partial charge in [0.05, 0.1) is 11.6 Å². The lowest BCUT2D eigenvalue weighted by Crippen LogP contribution is -2.52. The molecule has 1 aliphatic rings. The lowest BCUT2D eigenvalue weighted by molar-refractivity contribution is -0.130. The maximum absolute atomic E-state index is 13.6. The molecule has 0 spiro atoms. The van der Waals surface area contributed by atoms with Crippen molar-refractivity contribution >= 4 is 28.9 Å². The van der Waals surface area contributed by atoms with E-state index in [0.29, 0.717) is 5.56 Å². The molecule has 1 aromatic carbocycles.